The molecular weight excluding hydrogens is 567 g/mol. The van der Waals surface area contributed by atoms with Crippen LogP contribution >= 0.6 is 11.6 Å². The predicted octanol–water partition coefficient (Wildman–Crippen LogP) is 10.4. The molecule has 216 valence electrons. The molecule has 2 aromatic heterocycles. The molecule has 8 aromatic rings. The summed E-state index contributed by atoms with van der Waals surface area (Å²) < 4.78 is 24.4. The fraction of sp³-hybridized carbons (Fsp3) is 0.158. The summed E-state index contributed by atoms with van der Waals surface area (Å²) in [5, 5.41) is 10.0. The van der Waals surface area contributed by atoms with Crippen molar-refractivity contribution in [2.24, 2.45) is 0 Å². The molecule has 0 aliphatic carbocycles. The average Bonchev–Trinajstić information content (AvgIpc) is 3.65. The van der Waals surface area contributed by atoms with Crippen molar-refractivity contribution in [1.29, 1.82) is 0 Å². The summed E-state index contributed by atoms with van der Waals surface area (Å²) in [6, 6.07) is 36.9. The van der Waals surface area contributed by atoms with Crippen molar-refractivity contribution in [3.63, 3.8) is 0 Å². The zero-order valence-electron chi connectivity index (χ0n) is 25.0. The molecule has 1 aliphatic heterocycles. The quantitative estimate of drug-likeness (QED) is 0.177. The fourth-order valence-electron chi connectivity index (χ4n) is 6.21. The van der Waals surface area contributed by atoms with Crippen molar-refractivity contribution >= 4 is 89.6 Å². The number of hydrogen-bond acceptors (Lipinski definition) is 4. The average molecular weight is 597 g/mol. The molecule has 0 bridgehead atoms. The molecule has 0 amide bonds. The minimum atomic E-state index is -0.371. The Bertz CT molecular complexity index is 2370. The normalized spacial score (nSPS) is 16.0. The largest absolute Gasteiger partial charge is 0.494 e. The van der Waals surface area contributed by atoms with E-state index in [2.05, 4.69) is 82.3 Å². The predicted molar refractivity (Wildman–Crippen MR) is 183 cm³/mol. The van der Waals surface area contributed by atoms with Crippen molar-refractivity contribution in [1.82, 2.24) is 0 Å². The molecule has 6 heteroatoms. The molecule has 4 nitrogen and oxygen atoms in total. The minimum absolute atomic E-state index is 0.349. The number of benzene rings is 6. The molecule has 0 unspecified atom stereocenters. The highest BCUT2D eigenvalue weighted by Gasteiger charge is 2.51. The highest BCUT2D eigenvalue weighted by Crippen LogP contribution is 2.39. The van der Waals surface area contributed by atoms with Gasteiger partial charge in [-0.25, -0.2) is 0 Å². The van der Waals surface area contributed by atoms with Crippen molar-refractivity contribution in [2.75, 3.05) is 0 Å². The molecule has 0 atom stereocenters. The molecule has 0 radical (unpaired) electrons. The van der Waals surface area contributed by atoms with Crippen LogP contribution in [0.1, 0.15) is 27.7 Å². The first-order chi connectivity index (χ1) is 21.2. The first-order valence-corrected chi connectivity index (χ1v) is 15.3. The molecule has 0 spiro atoms. The Hall–Kier alpha value is -4.29. The van der Waals surface area contributed by atoms with E-state index in [9.17, 15) is 0 Å². The Balaban J connectivity index is 0.000000140. The van der Waals surface area contributed by atoms with Crippen LogP contribution in [0, 0.1) is 0 Å². The van der Waals surface area contributed by atoms with Crippen LogP contribution in [0.3, 0.4) is 0 Å². The standard InChI is InChI=1S/C22H21BO3.C16H9ClO/c1-21(2)22(3,4)26-23(25-21)15-10-12-18-17(13-15)20-16-8-6-5-7-14(16)9-11-19(20)24-18;17-11-6-8-14-13(9-11)16-12-4-2-1-3-10(12)5-7-15(16)18-14/h5-13H,1-4H3;1-9H. The van der Waals surface area contributed by atoms with Gasteiger partial charge < -0.3 is 18.1 Å². The lowest BCUT2D eigenvalue weighted by Crippen LogP contribution is -2.41. The first-order valence-electron chi connectivity index (χ1n) is 14.9. The van der Waals surface area contributed by atoms with E-state index in [-0.39, 0.29) is 18.3 Å². The molecule has 1 saturated heterocycles. The minimum Gasteiger partial charge on any atom is -0.456 e. The van der Waals surface area contributed by atoms with Gasteiger partial charge in [0.05, 0.1) is 11.2 Å². The van der Waals surface area contributed by atoms with Crippen LogP contribution in [0.2, 0.25) is 5.02 Å². The van der Waals surface area contributed by atoms with Crippen LogP contribution in [-0.2, 0) is 9.31 Å². The van der Waals surface area contributed by atoms with Gasteiger partial charge >= 0.3 is 7.12 Å². The molecular formula is C38H30BClO4. The topological polar surface area (TPSA) is 44.7 Å². The second-order valence-electron chi connectivity index (χ2n) is 12.5. The van der Waals surface area contributed by atoms with Gasteiger partial charge in [0.25, 0.3) is 0 Å². The first kappa shape index (κ1) is 27.3. The number of halogens is 1. The van der Waals surface area contributed by atoms with Crippen LogP contribution in [0.4, 0.5) is 0 Å². The van der Waals surface area contributed by atoms with Crippen LogP contribution in [0.25, 0.3) is 65.4 Å². The van der Waals surface area contributed by atoms with Crippen molar-refractivity contribution < 1.29 is 18.1 Å². The summed E-state index contributed by atoms with van der Waals surface area (Å²) in [5.74, 6) is 0. The summed E-state index contributed by atoms with van der Waals surface area (Å²) in [4.78, 5) is 0. The highest BCUT2D eigenvalue weighted by molar-refractivity contribution is 6.62. The van der Waals surface area contributed by atoms with E-state index in [1.807, 2.05) is 54.6 Å². The number of hydrogen-bond donors (Lipinski definition) is 0. The van der Waals surface area contributed by atoms with Crippen LogP contribution in [0.15, 0.2) is 118 Å². The Morgan fingerprint density at radius 1 is 0.500 bits per heavy atom. The zero-order chi connectivity index (χ0) is 30.2. The van der Waals surface area contributed by atoms with Crippen molar-refractivity contribution in [3.05, 3.63) is 114 Å². The molecule has 6 aromatic carbocycles. The maximum absolute atomic E-state index is 6.22. The summed E-state index contributed by atoms with van der Waals surface area (Å²) >= 11 is 6.09. The Labute approximate surface area is 260 Å². The van der Waals surface area contributed by atoms with Gasteiger partial charge in [-0.1, -0.05) is 84.4 Å². The van der Waals surface area contributed by atoms with Crippen LogP contribution in [-0.4, -0.2) is 18.3 Å². The van der Waals surface area contributed by atoms with E-state index in [0.29, 0.717) is 0 Å². The van der Waals surface area contributed by atoms with E-state index in [1.54, 1.807) is 0 Å². The molecule has 0 saturated carbocycles. The third kappa shape index (κ3) is 4.30. The third-order valence-electron chi connectivity index (χ3n) is 9.23. The van der Waals surface area contributed by atoms with Gasteiger partial charge in [0.1, 0.15) is 22.3 Å². The van der Waals surface area contributed by atoms with Gasteiger partial charge in [0, 0.05) is 26.6 Å². The van der Waals surface area contributed by atoms with Gasteiger partial charge in [-0.15, -0.1) is 0 Å². The number of fused-ring (bicyclic) bond motifs is 10. The number of furan rings is 2. The second kappa shape index (κ2) is 9.86. The SMILES string of the molecule is CC1(C)OB(c2ccc3oc4ccc5ccccc5c4c3c2)OC1(C)C.Clc1ccc2oc3ccc4ccccc4c3c2c1. The molecule has 44 heavy (non-hydrogen) atoms. The second-order valence-corrected chi connectivity index (χ2v) is 12.9. The lowest BCUT2D eigenvalue weighted by Gasteiger charge is -2.32. The lowest BCUT2D eigenvalue weighted by atomic mass is 9.78. The third-order valence-corrected chi connectivity index (χ3v) is 9.47. The molecule has 1 aliphatic rings. The lowest BCUT2D eigenvalue weighted by molar-refractivity contribution is 0.00578. The van der Waals surface area contributed by atoms with Crippen molar-refractivity contribution in [3.8, 4) is 0 Å². The monoisotopic (exact) mass is 596 g/mol. The van der Waals surface area contributed by atoms with E-state index in [4.69, 9.17) is 29.7 Å². The van der Waals surface area contributed by atoms with Gasteiger partial charge in [-0.2, -0.15) is 0 Å². The summed E-state index contributed by atoms with van der Waals surface area (Å²) in [7, 11) is -0.371. The zero-order valence-corrected chi connectivity index (χ0v) is 25.7. The van der Waals surface area contributed by atoms with E-state index in [0.717, 1.165) is 54.4 Å². The maximum atomic E-state index is 6.22. The van der Waals surface area contributed by atoms with Gasteiger partial charge in [-0.05, 0) is 91.1 Å². The van der Waals surface area contributed by atoms with Crippen LogP contribution < -0.4 is 5.46 Å². The summed E-state index contributed by atoms with van der Waals surface area (Å²) in [6.07, 6.45) is 0. The highest BCUT2D eigenvalue weighted by atomic mass is 35.5. The summed E-state index contributed by atoms with van der Waals surface area (Å²) in [5.41, 5.74) is 3.90. The van der Waals surface area contributed by atoms with E-state index < -0.39 is 0 Å². The van der Waals surface area contributed by atoms with Gasteiger partial charge in [-0.3, -0.25) is 0 Å². The molecule has 3 heterocycles. The maximum Gasteiger partial charge on any atom is 0.494 e. The Morgan fingerprint density at radius 2 is 0.977 bits per heavy atom. The molecule has 9 rings (SSSR count). The van der Waals surface area contributed by atoms with Crippen LogP contribution in [0.5, 0.6) is 0 Å². The molecule has 1 fully saturated rings. The smallest absolute Gasteiger partial charge is 0.456 e. The summed E-state index contributed by atoms with van der Waals surface area (Å²) in [6.45, 7) is 8.30. The number of rotatable bonds is 1. The van der Waals surface area contributed by atoms with E-state index in [1.165, 1.54) is 21.5 Å². The van der Waals surface area contributed by atoms with Crippen molar-refractivity contribution in [2.45, 2.75) is 38.9 Å². The Kier molecular flexibility index (Phi) is 6.12. The van der Waals surface area contributed by atoms with Gasteiger partial charge in [0.2, 0.25) is 0 Å². The fourth-order valence-corrected chi connectivity index (χ4v) is 6.38. The van der Waals surface area contributed by atoms with E-state index >= 15 is 0 Å². The van der Waals surface area contributed by atoms with Gasteiger partial charge in [0.15, 0.2) is 0 Å². The molecule has 0 N–H and O–H groups in total. The Morgan fingerprint density at radius 3 is 1.55 bits per heavy atom.